The highest BCUT2D eigenvalue weighted by Crippen LogP contribution is 2.35. The van der Waals surface area contributed by atoms with Crippen molar-refractivity contribution in [2.45, 2.75) is 25.4 Å². The van der Waals surface area contributed by atoms with E-state index in [9.17, 15) is 9.50 Å². The minimum absolute atomic E-state index is 0.256. The molecule has 2 N–H and O–H groups in total. The molecule has 1 aliphatic rings. The summed E-state index contributed by atoms with van der Waals surface area (Å²) in [5, 5.41) is 12.3. The molecule has 0 aromatic heterocycles. The molecular formula is C13H17ClFNO4. The van der Waals surface area contributed by atoms with E-state index in [0.717, 1.165) is 12.8 Å². The number of carbonyl (C=O) groups is 1. The van der Waals surface area contributed by atoms with Crippen molar-refractivity contribution in [3.05, 3.63) is 22.5 Å². The number of aromatic hydroxyl groups is 1. The molecule has 1 aromatic rings. The van der Waals surface area contributed by atoms with Gasteiger partial charge in [0.2, 0.25) is 0 Å². The molecule has 112 valence electrons. The Morgan fingerprint density at radius 2 is 2.15 bits per heavy atom. The van der Waals surface area contributed by atoms with Gasteiger partial charge in [-0.2, -0.15) is 0 Å². The van der Waals surface area contributed by atoms with Gasteiger partial charge in [-0.15, -0.1) is 0 Å². The highest BCUT2D eigenvalue weighted by atomic mass is 35.5. The molecule has 0 aliphatic heterocycles. The van der Waals surface area contributed by atoms with E-state index in [-0.39, 0.29) is 10.8 Å². The largest absolute Gasteiger partial charge is 0.506 e. The monoisotopic (exact) mass is 305 g/mol. The summed E-state index contributed by atoms with van der Waals surface area (Å²) >= 11 is 5.63. The molecule has 5 nitrogen and oxygen atoms in total. The summed E-state index contributed by atoms with van der Waals surface area (Å²) in [5.41, 5.74) is 0.359. The van der Waals surface area contributed by atoms with E-state index in [2.05, 4.69) is 10.1 Å². The number of halogens is 2. The minimum Gasteiger partial charge on any atom is -0.506 e. The van der Waals surface area contributed by atoms with E-state index in [4.69, 9.17) is 21.1 Å². The van der Waals surface area contributed by atoms with Crippen LogP contribution < -0.4 is 10.1 Å². The van der Waals surface area contributed by atoms with E-state index < -0.39 is 5.82 Å². The Morgan fingerprint density at radius 1 is 1.55 bits per heavy atom. The average Bonchev–Trinajstić information content (AvgIpc) is 3.28. The molecular weight excluding hydrogens is 289 g/mol. The summed E-state index contributed by atoms with van der Waals surface area (Å²) in [6, 6.07) is 1.80. The Labute approximate surface area is 121 Å². The van der Waals surface area contributed by atoms with Crippen molar-refractivity contribution in [1.29, 1.82) is 0 Å². The molecule has 0 unspecified atom stereocenters. The number of hydrogen-bond acceptors (Lipinski definition) is 5. The van der Waals surface area contributed by atoms with Crippen LogP contribution in [0.5, 0.6) is 11.5 Å². The highest BCUT2D eigenvalue weighted by molar-refractivity contribution is 6.32. The number of ether oxygens (including phenoxy) is 2. The molecule has 0 saturated heterocycles. The van der Waals surface area contributed by atoms with Gasteiger partial charge in [-0.3, -0.25) is 4.79 Å². The second-order valence-corrected chi connectivity index (χ2v) is 4.57. The molecule has 1 saturated carbocycles. The molecule has 1 aliphatic carbocycles. The quantitative estimate of drug-likeness (QED) is 0.817. The average molecular weight is 306 g/mol. The number of methoxy groups -OCH3 is 2. The summed E-state index contributed by atoms with van der Waals surface area (Å²) in [6.45, 7) is 0.736. The molecule has 0 spiro atoms. The van der Waals surface area contributed by atoms with E-state index in [1.54, 1.807) is 0 Å². The molecule has 0 bridgehead atoms. The summed E-state index contributed by atoms with van der Waals surface area (Å²) in [5.74, 6) is -0.606. The minimum atomic E-state index is -0.619. The maximum absolute atomic E-state index is 13.8. The smallest absolute Gasteiger partial charge is 0.292 e. The van der Waals surface area contributed by atoms with Crippen LogP contribution in [0.4, 0.5) is 4.39 Å². The van der Waals surface area contributed by atoms with Gasteiger partial charge < -0.3 is 19.9 Å². The molecule has 2 rings (SSSR count). The molecule has 1 aromatic carbocycles. The van der Waals surface area contributed by atoms with E-state index in [1.807, 2.05) is 0 Å². The van der Waals surface area contributed by atoms with Crippen molar-refractivity contribution in [1.82, 2.24) is 5.32 Å². The zero-order valence-corrected chi connectivity index (χ0v) is 12.0. The number of carbonyl (C=O) groups excluding carboxylic acids is 1. The summed E-state index contributed by atoms with van der Waals surface area (Å²) < 4.78 is 22.6. The van der Waals surface area contributed by atoms with E-state index in [1.165, 1.54) is 20.3 Å². The Bertz CT molecular complexity index is 466. The fourth-order valence-corrected chi connectivity index (χ4v) is 1.68. The normalized spacial score (nSPS) is 13.2. The second-order valence-electron chi connectivity index (χ2n) is 4.19. The molecule has 7 heteroatoms. The fraction of sp³-hybridized carbons (Fsp3) is 0.462. The van der Waals surface area contributed by atoms with Gasteiger partial charge in [0.1, 0.15) is 16.5 Å². The third kappa shape index (κ3) is 4.54. The predicted octanol–water partition coefficient (Wildman–Crippen LogP) is 2.23. The van der Waals surface area contributed by atoms with Gasteiger partial charge in [-0.25, -0.2) is 4.39 Å². The Kier molecular flexibility index (Phi) is 6.54. The second kappa shape index (κ2) is 7.91. The lowest BCUT2D eigenvalue weighted by molar-refractivity contribution is -0.126. The van der Waals surface area contributed by atoms with Crippen LogP contribution in [0.2, 0.25) is 5.02 Å². The number of nitrogens with one attached hydrogen (secondary N) is 1. The van der Waals surface area contributed by atoms with Crippen LogP contribution in [0, 0.1) is 5.82 Å². The first-order chi connectivity index (χ1) is 9.54. The predicted molar refractivity (Wildman–Crippen MR) is 72.6 cm³/mol. The van der Waals surface area contributed by atoms with E-state index in [0.29, 0.717) is 30.4 Å². The maximum atomic E-state index is 13.8. The Balaban J connectivity index is 0.000000444. The number of hydrogen-bond donors (Lipinski definition) is 2. The fourth-order valence-electron chi connectivity index (χ4n) is 1.51. The van der Waals surface area contributed by atoms with Crippen molar-refractivity contribution >= 4 is 18.1 Å². The molecule has 0 atom stereocenters. The SMILES string of the molecule is COC=O.COc1cc(O)c(Cl)c(F)c1CNC1CC1. The summed E-state index contributed by atoms with van der Waals surface area (Å²) in [7, 11) is 2.75. The summed E-state index contributed by atoms with van der Waals surface area (Å²) in [4.78, 5) is 8.95. The third-order valence-corrected chi connectivity index (χ3v) is 3.07. The lowest BCUT2D eigenvalue weighted by Crippen LogP contribution is -2.17. The molecule has 1 fully saturated rings. The lowest BCUT2D eigenvalue weighted by atomic mass is 10.1. The Hall–Kier alpha value is -1.53. The van der Waals surface area contributed by atoms with Gasteiger partial charge in [0.05, 0.1) is 14.2 Å². The van der Waals surface area contributed by atoms with Crippen LogP contribution in [0.1, 0.15) is 18.4 Å². The van der Waals surface area contributed by atoms with Crippen LogP contribution in [-0.4, -0.2) is 31.8 Å². The van der Waals surface area contributed by atoms with Gasteiger partial charge in [0, 0.05) is 24.2 Å². The van der Waals surface area contributed by atoms with Crippen LogP contribution in [0.25, 0.3) is 0 Å². The zero-order chi connectivity index (χ0) is 15.1. The number of rotatable bonds is 5. The standard InChI is InChI=1S/C11H13ClFNO2.C2H4O2/c1-16-9-4-8(15)10(12)11(13)7(9)5-14-6-2-3-6;1-4-2-3/h4,6,14-15H,2-3,5H2,1H3;2H,1H3. The van der Waals surface area contributed by atoms with E-state index >= 15 is 0 Å². The molecule has 0 amide bonds. The van der Waals surface area contributed by atoms with Gasteiger partial charge in [-0.05, 0) is 12.8 Å². The zero-order valence-electron chi connectivity index (χ0n) is 11.3. The highest BCUT2D eigenvalue weighted by Gasteiger charge is 2.23. The van der Waals surface area contributed by atoms with Crippen molar-refractivity contribution < 1.29 is 23.8 Å². The van der Waals surface area contributed by atoms with Gasteiger partial charge >= 0.3 is 0 Å². The topological polar surface area (TPSA) is 67.8 Å². The molecule has 20 heavy (non-hydrogen) atoms. The number of phenols is 1. The number of benzene rings is 1. The van der Waals surface area contributed by atoms with Gasteiger partial charge in [-0.1, -0.05) is 11.6 Å². The van der Waals surface area contributed by atoms with Crippen LogP contribution in [0.3, 0.4) is 0 Å². The van der Waals surface area contributed by atoms with Crippen molar-refractivity contribution in [2.24, 2.45) is 0 Å². The first-order valence-electron chi connectivity index (χ1n) is 5.98. The van der Waals surface area contributed by atoms with Crippen molar-refractivity contribution in [2.75, 3.05) is 14.2 Å². The first-order valence-corrected chi connectivity index (χ1v) is 6.36. The lowest BCUT2D eigenvalue weighted by Gasteiger charge is -2.12. The maximum Gasteiger partial charge on any atom is 0.292 e. The van der Waals surface area contributed by atoms with Crippen LogP contribution in [0.15, 0.2) is 6.07 Å². The number of phenolic OH excluding ortho intramolecular Hbond substituents is 1. The van der Waals surface area contributed by atoms with Crippen molar-refractivity contribution in [3.63, 3.8) is 0 Å². The first kappa shape index (κ1) is 16.5. The van der Waals surface area contributed by atoms with Crippen LogP contribution in [-0.2, 0) is 16.1 Å². The van der Waals surface area contributed by atoms with Gasteiger partial charge in [0.15, 0.2) is 5.82 Å². The summed E-state index contributed by atoms with van der Waals surface area (Å²) in [6.07, 6.45) is 2.24. The molecule has 0 heterocycles. The van der Waals surface area contributed by atoms with Crippen molar-refractivity contribution in [3.8, 4) is 11.5 Å². The molecule has 0 radical (unpaired) electrons. The Morgan fingerprint density at radius 3 is 2.60 bits per heavy atom. The third-order valence-electron chi connectivity index (χ3n) is 2.71. The van der Waals surface area contributed by atoms with Crippen LogP contribution >= 0.6 is 11.6 Å². The van der Waals surface area contributed by atoms with Gasteiger partial charge in [0.25, 0.3) is 6.47 Å².